The number of fused-ring (bicyclic) bond motifs is 1. The zero-order valence-corrected chi connectivity index (χ0v) is 18.7. The number of halogens is 3. The first-order valence-electron chi connectivity index (χ1n) is 8.41. The van der Waals surface area contributed by atoms with Crippen LogP contribution in [0, 0.1) is 5.82 Å². The molecule has 9 heteroatoms. The first kappa shape index (κ1) is 20.3. The van der Waals surface area contributed by atoms with Crippen LogP contribution in [-0.2, 0) is 16.6 Å². The predicted molar refractivity (Wildman–Crippen MR) is 119 cm³/mol. The Labute approximate surface area is 184 Å². The molecule has 29 heavy (non-hydrogen) atoms. The molecule has 0 aliphatic carbocycles. The van der Waals surface area contributed by atoms with Gasteiger partial charge in [-0.1, -0.05) is 29.8 Å². The van der Waals surface area contributed by atoms with Gasteiger partial charge in [-0.3, -0.25) is 9.29 Å². The predicted octanol–water partition coefficient (Wildman–Crippen LogP) is 6.25. The Morgan fingerprint density at radius 3 is 2.66 bits per heavy atom. The van der Waals surface area contributed by atoms with Gasteiger partial charge in [-0.25, -0.2) is 12.8 Å². The molecule has 0 atom stereocenters. The molecule has 4 rings (SSSR count). The Bertz CT molecular complexity index is 1300. The molecule has 0 spiro atoms. The smallest absolute Gasteiger partial charge is 0.263 e. The molecule has 0 fully saturated rings. The van der Waals surface area contributed by atoms with Crippen molar-refractivity contribution in [2.75, 3.05) is 4.31 Å². The molecule has 0 bridgehead atoms. The van der Waals surface area contributed by atoms with E-state index >= 15 is 0 Å². The highest BCUT2D eigenvalue weighted by Crippen LogP contribution is 2.44. The minimum Gasteiger partial charge on any atom is -0.263 e. The van der Waals surface area contributed by atoms with Crippen LogP contribution in [0.1, 0.15) is 5.56 Å². The zero-order valence-electron chi connectivity index (χ0n) is 14.7. The summed E-state index contributed by atoms with van der Waals surface area (Å²) in [5.41, 5.74) is 0.175. The van der Waals surface area contributed by atoms with Gasteiger partial charge in [0.15, 0.2) is 0 Å². The van der Waals surface area contributed by atoms with E-state index < -0.39 is 15.8 Å². The van der Waals surface area contributed by atoms with E-state index in [0.29, 0.717) is 14.5 Å². The molecule has 2 aromatic carbocycles. The highest BCUT2D eigenvalue weighted by Gasteiger charge is 2.30. The molecule has 4 nitrogen and oxygen atoms in total. The van der Waals surface area contributed by atoms with Crippen LogP contribution in [0.5, 0.6) is 0 Å². The molecule has 0 unspecified atom stereocenters. The van der Waals surface area contributed by atoms with E-state index in [4.69, 9.17) is 11.6 Å². The Hall–Kier alpha value is -2.00. The molecule has 0 saturated carbocycles. The van der Waals surface area contributed by atoms with Gasteiger partial charge in [-0.15, -0.1) is 11.3 Å². The van der Waals surface area contributed by atoms with E-state index in [9.17, 15) is 12.8 Å². The molecule has 0 amide bonds. The molecule has 2 aromatic heterocycles. The number of pyridine rings is 1. The van der Waals surface area contributed by atoms with Crippen molar-refractivity contribution in [2.45, 2.75) is 11.4 Å². The van der Waals surface area contributed by atoms with Gasteiger partial charge >= 0.3 is 0 Å². The summed E-state index contributed by atoms with van der Waals surface area (Å²) >= 11 is 10.9. The number of nitrogens with zero attached hydrogens (tertiary/aromatic N) is 2. The number of sulfonamides is 1. The Morgan fingerprint density at radius 1 is 1.14 bits per heavy atom. The topological polar surface area (TPSA) is 50.3 Å². The fourth-order valence-corrected chi connectivity index (χ4v) is 6.84. The minimum atomic E-state index is -4.01. The third-order valence-corrected chi connectivity index (χ3v) is 8.63. The quantitative estimate of drug-likeness (QED) is 0.318. The molecule has 0 saturated heterocycles. The van der Waals surface area contributed by atoms with Crippen molar-refractivity contribution in [1.29, 1.82) is 0 Å². The highest BCUT2D eigenvalue weighted by atomic mass is 79.9. The molecule has 4 aromatic rings. The van der Waals surface area contributed by atoms with Crippen LogP contribution in [0.15, 0.2) is 76.4 Å². The normalized spacial score (nSPS) is 11.7. The minimum absolute atomic E-state index is 0.0202. The Morgan fingerprint density at radius 2 is 1.93 bits per heavy atom. The van der Waals surface area contributed by atoms with Crippen LogP contribution < -0.4 is 4.31 Å². The van der Waals surface area contributed by atoms with Gasteiger partial charge < -0.3 is 0 Å². The standard InChI is InChI=1S/C20H13BrClFN2O2S2/c21-19-16-5-1-2-6-18(16)28-20(19)25(12-13-10-14(22)7-8-17(13)23)29(26,27)15-4-3-9-24-11-15/h1-11H,12H2. The lowest BCUT2D eigenvalue weighted by molar-refractivity contribution is 0.585. The fourth-order valence-electron chi connectivity index (χ4n) is 2.87. The van der Waals surface area contributed by atoms with Crippen LogP contribution in [-0.4, -0.2) is 13.4 Å². The Kier molecular flexibility index (Phi) is 5.61. The number of rotatable bonds is 5. The summed E-state index contributed by atoms with van der Waals surface area (Å²) in [7, 11) is -4.01. The van der Waals surface area contributed by atoms with Gasteiger partial charge in [0.05, 0.1) is 11.0 Å². The van der Waals surface area contributed by atoms with Crippen molar-refractivity contribution in [2.24, 2.45) is 0 Å². The third-order valence-electron chi connectivity index (χ3n) is 4.29. The Balaban J connectivity index is 1.91. The van der Waals surface area contributed by atoms with Crippen molar-refractivity contribution in [3.8, 4) is 0 Å². The maximum absolute atomic E-state index is 14.4. The number of thiophene rings is 1. The van der Waals surface area contributed by atoms with Crippen molar-refractivity contribution >= 4 is 64.0 Å². The first-order chi connectivity index (χ1) is 13.9. The summed E-state index contributed by atoms with van der Waals surface area (Å²) < 4.78 is 44.1. The van der Waals surface area contributed by atoms with Crippen LogP contribution in [0.3, 0.4) is 0 Å². The molecule has 148 valence electrons. The third kappa shape index (κ3) is 3.90. The largest absolute Gasteiger partial charge is 0.266 e. The average molecular weight is 512 g/mol. The summed E-state index contributed by atoms with van der Waals surface area (Å²) in [6, 6.07) is 14.7. The number of benzene rings is 2. The summed E-state index contributed by atoms with van der Waals surface area (Å²) in [4.78, 5) is 3.94. The number of aromatic nitrogens is 1. The van der Waals surface area contributed by atoms with E-state index in [1.807, 2.05) is 24.3 Å². The molecule has 0 aliphatic rings. The second kappa shape index (κ2) is 8.02. The second-order valence-electron chi connectivity index (χ2n) is 6.15. The van der Waals surface area contributed by atoms with E-state index in [1.54, 1.807) is 6.07 Å². The van der Waals surface area contributed by atoms with Crippen molar-refractivity contribution in [3.05, 3.63) is 87.9 Å². The maximum Gasteiger partial charge on any atom is 0.266 e. The summed E-state index contributed by atoms with van der Waals surface area (Å²) in [6.07, 6.45) is 2.77. The SMILES string of the molecule is O=S(=O)(c1cccnc1)N(Cc1cc(Cl)ccc1F)c1sc2ccccc2c1Br. The second-order valence-corrected chi connectivity index (χ2v) is 10.3. The summed E-state index contributed by atoms with van der Waals surface area (Å²) in [5, 5.41) is 1.66. The fraction of sp³-hybridized carbons (Fsp3) is 0.0500. The molecule has 0 radical (unpaired) electrons. The van der Waals surface area contributed by atoms with Crippen LogP contribution in [0.25, 0.3) is 10.1 Å². The van der Waals surface area contributed by atoms with Gasteiger partial charge in [0.2, 0.25) is 0 Å². The lowest BCUT2D eigenvalue weighted by atomic mass is 10.2. The van der Waals surface area contributed by atoms with Crippen LogP contribution in [0.4, 0.5) is 9.39 Å². The molecular formula is C20H13BrClFN2O2S2. The van der Waals surface area contributed by atoms with Gasteiger partial charge in [0, 0.05) is 33.1 Å². The highest BCUT2D eigenvalue weighted by molar-refractivity contribution is 9.10. The summed E-state index contributed by atoms with van der Waals surface area (Å²) in [6.45, 7) is -0.213. The molecular weight excluding hydrogens is 499 g/mol. The van der Waals surface area contributed by atoms with Gasteiger partial charge in [-0.2, -0.15) is 0 Å². The molecule has 2 heterocycles. The van der Waals surface area contributed by atoms with E-state index in [-0.39, 0.29) is 17.0 Å². The monoisotopic (exact) mass is 510 g/mol. The average Bonchev–Trinajstić information content (AvgIpc) is 3.05. The number of anilines is 1. The number of hydrogen-bond donors (Lipinski definition) is 0. The van der Waals surface area contributed by atoms with Crippen molar-refractivity contribution in [3.63, 3.8) is 0 Å². The van der Waals surface area contributed by atoms with Crippen molar-refractivity contribution in [1.82, 2.24) is 4.98 Å². The first-order valence-corrected chi connectivity index (χ1v) is 11.8. The maximum atomic E-state index is 14.4. The molecule has 0 aliphatic heterocycles. The van der Waals surface area contributed by atoms with Crippen LogP contribution >= 0.6 is 38.9 Å². The zero-order chi connectivity index (χ0) is 20.6. The van der Waals surface area contributed by atoms with Crippen molar-refractivity contribution < 1.29 is 12.8 Å². The number of hydrogen-bond acceptors (Lipinski definition) is 4. The van der Waals surface area contributed by atoms with Gasteiger partial charge in [0.25, 0.3) is 10.0 Å². The van der Waals surface area contributed by atoms with E-state index in [0.717, 1.165) is 10.1 Å². The van der Waals surface area contributed by atoms with Gasteiger partial charge in [-0.05, 0) is 52.3 Å². The summed E-state index contributed by atoms with van der Waals surface area (Å²) in [5.74, 6) is -0.530. The van der Waals surface area contributed by atoms with Gasteiger partial charge in [0.1, 0.15) is 15.7 Å². The van der Waals surface area contributed by atoms with E-state index in [1.165, 1.54) is 52.3 Å². The lowest BCUT2D eigenvalue weighted by Crippen LogP contribution is -2.30. The van der Waals surface area contributed by atoms with Crippen LogP contribution in [0.2, 0.25) is 5.02 Å². The lowest BCUT2D eigenvalue weighted by Gasteiger charge is -2.24. The van der Waals surface area contributed by atoms with E-state index in [2.05, 4.69) is 20.9 Å². The molecule has 0 N–H and O–H groups in total.